The molecule has 0 bridgehead atoms. The van der Waals surface area contributed by atoms with Crippen LogP contribution in [0.5, 0.6) is 0 Å². The molecule has 1 rings (SSSR count). The third kappa shape index (κ3) is 1.99. The van der Waals surface area contributed by atoms with E-state index in [0.29, 0.717) is 11.3 Å². The summed E-state index contributed by atoms with van der Waals surface area (Å²) in [5.41, 5.74) is 8.90. The molecule has 0 atom stereocenters. The molecule has 0 aliphatic rings. The van der Waals surface area contributed by atoms with E-state index in [-0.39, 0.29) is 5.69 Å². The smallest absolute Gasteiger partial charge is 0.269 e. The number of nitrogens with zero attached hydrogens (tertiary/aromatic N) is 1. The number of non-ortho nitro benzene ring substituents is 1. The molecule has 6 nitrogen and oxygen atoms in total. The molecule has 74 valence electrons. The average molecular weight is 194 g/mol. The van der Waals surface area contributed by atoms with Gasteiger partial charge in [-0.1, -0.05) is 0 Å². The average Bonchev–Trinajstić information content (AvgIpc) is 2.20. The molecule has 6 heteroatoms. The molecule has 0 aromatic heterocycles. The predicted molar refractivity (Wildman–Crippen MR) is 52.6 cm³/mol. The van der Waals surface area contributed by atoms with Gasteiger partial charge in [-0.3, -0.25) is 16.0 Å². The Labute approximate surface area is 80.3 Å². The second-order valence-corrected chi connectivity index (χ2v) is 2.53. The van der Waals surface area contributed by atoms with E-state index in [9.17, 15) is 10.1 Å². The van der Waals surface area contributed by atoms with Crippen LogP contribution in [0.1, 0.15) is 5.56 Å². The molecule has 0 saturated heterocycles. The van der Waals surface area contributed by atoms with Gasteiger partial charge in [0.2, 0.25) is 0 Å². The normalized spacial score (nSPS) is 11.1. The van der Waals surface area contributed by atoms with E-state index in [1.165, 1.54) is 18.3 Å². The quantitative estimate of drug-likeness (QED) is 0.364. The van der Waals surface area contributed by atoms with Gasteiger partial charge >= 0.3 is 0 Å². The molecule has 14 heavy (non-hydrogen) atoms. The minimum atomic E-state index is -0.467. The first-order chi connectivity index (χ1) is 6.69. The Kier molecular flexibility index (Phi) is 3.03. The van der Waals surface area contributed by atoms with E-state index in [1.807, 2.05) is 0 Å². The molecule has 0 fully saturated rings. The van der Waals surface area contributed by atoms with Crippen molar-refractivity contribution in [1.29, 1.82) is 0 Å². The Bertz CT molecular complexity index is 358. The topological polar surface area (TPSA) is 107 Å². The number of hydrazine groups is 1. The van der Waals surface area contributed by atoms with Crippen molar-refractivity contribution in [2.24, 2.45) is 11.6 Å². The van der Waals surface area contributed by atoms with Crippen LogP contribution in [0, 0.1) is 10.1 Å². The van der Waals surface area contributed by atoms with Crippen LogP contribution in [-0.4, -0.2) is 4.92 Å². The summed E-state index contributed by atoms with van der Waals surface area (Å²) in [6, 6.07) is 5.90. The first kappa shape index (κ1) is 10.0. The zero-order chi connectivity index (χ0) is 10.6. The maximum Gasteiger partial charge on any atom is 0.269 e. The van der Waals surface area contributed by atoms with E-state index in [1.54, 1.807) is 12.1 Å². The standard InChI is InChI=1S/C8H10N4O2/c9-5-8(11-10)6-1-3-7(4-2-6)12(13)14/h1-5,11H,9-10H2/b8-5-. The molecule has 0 unspecified atom stereocenters. The monoisotopic (exact) mass is 194 g/mol. The number of nitrogens with two attached hydrogens (primary N) is 2. The van der Waals surface area contributed by atoms with Gasteiger partial charge < -0.3 is 11.2 Å². The highest BCUT2D eigenvalue weighted by molar-refractivity contribution is 5.63. The number of hydrogen-bond donors (Lipinski definition) is 3. The highest BCUT2D eigenvalue weighted by Crippen LogP contribution is 2.15. The zero-order valence-corrected chi connectivity index (χ0v) is 7.31. The van der Waals surface area contributed by atoms with Crippen LogP contribution in [0.15, 0.2) is 30.5 Å². The van der Waals surface area contributed by atoms with Gasteiger partial charge in [-0.15, -0.1) is 0 Å². The molecule has 0 amide bonds. The largest absolute Gasteiger partial charge is 0.403 e. The number of nitro benzene ring substituents is 1. The van der Waals surface area contributed by atoms with Gasteiger partial charge in [0.1, 0.15) is 0 Å². The number of hydrogen-bond acceptors (Lipinski definition) is 5. The highest BCUT2D eigenvalue weighted by Gasteiger charge is 2.05. The van der Waals surface area contributed by atoms with Crippen LogP contribution in [0.4, 0.5) is 5.69 Å². The molecule has 0 aliphatic heterocycles. The molecule has 0 heterocycles. The lowest BCUT2D eigenvalue weighted by molar-refractivity contribution is -0.384. The number of nitro groups is 1. The number of rotatable bonds is 3. The minimum Gasteiger partial charge on any atom is -0.403 e. The Morgan fingerprint density at radius 3 is 2.36 bits per heavy atom. The van der Waals surface area contributed by atoms with Crippen LogP contribution in [0.2, 0.25) is 0 Å². The summed E-state index contributed by atoms with van der Waals surface area (Å²) in [4.78, 5) is 9.88. The fourth-order valence-corrected chi connectivity index (χ4v) is 0.990. The Morgan fingerprint density at radius 1 is 1.43 bits per heavy atom. The second-order valence-electron chi connectivity index (χ2n) is 2.53. The van der Waals surface area contributed by atoms with Crippen molar-refractivity contribution in [1.82, 2.24) is 5.43 Å². The lowest BCUT2D eigenvalue weighted by Crippen LogP contribution is -2.20. The lowest BCUT2D eigenvalue weighted by Gasteiger charge is -2.04. The maximum absolute atomic E-state index is 10.3. The highest BCUT2D eigenvalue weighted by atomic mass is 16.6. The molecule has 0 spiro atoms. The van der Waals surface area contributed by atoms with Crippen molar-refractivity contribution in [3.05, 3.63) is 46.1 Å². The lowest BCUT2D eigenvalue weighted by atomic mass is 10.1. The Balaban J connectivity index is 2.99. The molecule has 5 N–H and O–H groups in total. The van der Waals surface area contributed by atoms with E-state index in [0.717, 1.165) is 0 Å². The Hall–Kier alpha value is -2.08. The summed E-state index contributed by atoms with van der Waals surface area (Å²) >= 11 is 0. The van der Waals surface area contributed by atoms with Crippen LogP contribution in [0.3, 0.4) is 0 Å². The van der Waals surface area contributed by atoms with Gasteiger partial charge in [0.05, 0.1) is 10.6 Å². The second kappa shape index (κ2) is 4.24. The van der Waals surface area contributed by atoms with Crippen molar-refractivity contribution in [2.75, 3.05) is 0 Å². The SMILES string of the molecule is N/C=C(\NN)c1ccc([N+](=O)[O-])cc1. The molecule has 1 aromatic rings. The fraction of sp³-hybridized carbons (Fsp3) is 0. The van der Waals surface area contributed by atoms with Crippen LogP contribution >= 0.6 is 0 Å². The summed E-state index contributed by atoms with van der Waals surface area (Å²) in [6.45, 7) is 0. The van der Waals surface area contributed by atoms with E-state index in [4.69, 9.17) is 11.6 Å². The number of benzene rings is 1. The number of nitrogens with one attached hydrogen (secondary N) is 1. The zero-order valence-electron chi connectivity index (χ0n) is 7.31. The molecule has 0 radical (unpaired) electrons. The molecule has 0 saturated carbocycles. The van der Waals surface area contributed by atoms with Gasteiger partial charge in [0.15, 0.2) is 0 Å². The van der Waals surface area contributed by atoms with E-state index in [2.05, 4.69) is 5.43 Å². The van der Waals surface area contributed by atoms with E-state index >= 15 is 0 Å². The summed E-state index contributed by atoms with van der Waals surface area (Å²) in [5, 5.41) is 10.3. The molecule has 0 aliphatic carbocycles. The summed E-state index contributed by atoms with van der Waals surface area (Å²) in [6.07, 6.45) is 1.29. The molecular weight excluding hydrogens is 184 g/mol. The maximum atomic E-state index is 10.3. The van der Waals surface area contributed by atoms with Crippen molar-refractivity contribution < 1.29 is 4.92 Å². The van der Waals surface area contributed by atoms with Crippen molar-refractivity contribution in [3.63, 3.8) is 0 Å². The molecular formula is C8H10N4O2. The Morgan fingerprint density at radius 2 is 2.00 bits per heavy atom. The minimum absolute atomic E-state index is 0.0298. The third-order valence-electron chi connectivity index (χ3n) is 1.71. The van der Waals surface area contributed by atoms with E-state index < -0.39 is 4.92 Å². The summed E-state index contributed by atoms with van der Waals surface area (Å²) in [5.74, 6) is 5.18. The van der Waals surface area contributed by atoms with Gasteiger partial charge in [0.25, 0.3) is 5.69 Å². The summed E-state index contributed by atoms with van der Waals surface area (Å²) in [7, 11) is 0. The summed E-state index contributed by atoms with van der Waals surface area (Å²) < 4.78 is 0. The van der Waals surface area contributed by atoms with Crippen LogP contribution in [-0.2, 0) is 0 Å². The van der Waals surface area contributed by atoms with Crippen LogP contribution < -0.4 is 17.0 Å². The van der Waals surface area contributed by atoms with Gasteiger partial charge in [-0.05, 0) is 12.1 Å². The van der Waals surface area contributed by atoms with Crippen molar-refractivity contribution >= 4 is 11.4 Å². The first-order valence-electron chi connectivity index (χ1n) is 3.82. The van der Waals surface area contributed by atoms with Crippen molar-refractivity contribution in [3.8, 4) is 0 Å². The predicted octanol–water partition coefficient (Wildman–Crippen LogP) is 0.315. The van der Waals surface area contributed by atoms with Crippen molar-refractivity contribution in [2.45, 2.75) is 0 Å². The first-order valence-corrected chi connectivity index (χ1v) is 3.82. The van der Waals surface area contributed by atoms with Gasteiger partial charge in [-0.25, -0.2) is 0 Å². The molecule has 1 aromatic carbocycles. The van der Waals surface area contributed by atoms with Gasteiger partial charge in [-0.2, -0.15) is 0 Å². The fourth-order valence-electron chi connectivity index (χ4n) is 0.990. The third-order valence-corrected chi connectivity index (χ3v) is 1.71. The van der Waals surface area contributed by atoms with Crippen LogP contribution in [0.25, 0.3) is 5.70 Å². The van der Waals surface area contributed by atoms with Gasteiger partial charge in [0, 0.05) is 23.9 Å².